The highest BCUT2D eigenvalue weighted by Gasteiger charge is 2.34. The highest BCUT2D eigenvalue weighted by Crippen LogP contribution is 2.27. The van der Waals surface area contributed by atoms with Crippen molar-refractivity contribution < 1.29 is 4.79 Å². The van der Waals surface area contributed by atoms with Crippen LogP contribution in [0.3, 0.4) is 0 Å². The van der Waals surface area contributed by atoms with E-state index >= 15 is 0 Å². The van der Waals surface area contributed by atoms with Crippen LogP contribution in [0.1, 0.15) is 47.4 Å². The largest absolute Gasteiger partial charge is 0.349 e. The second kappa shape index (κ2) is 8.42. The third-order valence-electron chi connectivity index (χ3n) is 5.36. The molecule has 2 bridgehead atoms. The van der Waals surface area contributed by atoms with Gasteiger partial charge in [0.1, 0.15) is 5.82 Å². The monoisotopic (exact) mass is 396 g/mol. The quantitative estimate of drug-likeness (QED) is 0.835. The molecule has 2 unspecified atom stereocenters. The highest BCUT2D eigenvalue weighted by atomic mass is 35.5. The predicted octanol–water partition coefficient (Wildman–Crippen LogP) is 3.35. The molecule has 2 aromatic heterocycles. The van der Waals surface area contributed by atoms with Crippen LogP contribution in [0.2, 0.25) is 0 Å². The van der Waals surface area contributed by atoms with Crippen LogP contribution in [-0.2, 0) is 0 Å². The summed E-state index contributed by atoms with van der Waals surface area (Å²) in [7, 11) is 0. The van der Waals surface area contributed by atoms with Gasteiger partial charge in [-0.1, -0.05) is 6.07 Å². The second-order valence-electron chi connectivity index (χ2n) is 7.09. The van der Waals surface area contributed by atoms with E-state index < -0.39 is 0 Å². The Labute approximate surface area is 166 Å². The second-order valence-corrected chi connectivity index (χ2v) is 7.09. The van der Waals surface area contributed by atoms with Gasteiger partial charge in [-0.05, 0) is 57.7 Å². The molecule has 2 aromatic rings. The minimum absolute atomic E-state index is 0. The molecule has 26 heavy (non-hydrogen) atoms. The van der Waals surface area contributed by atoms with Crippen molar-refractivity contribution in [2.75, 3.05) is 0 Å². The molecule has 5 nitrogen and oxygen atoms in total. The summed E-state index contributed by atoms with van der Waals surface area (Å²) in [6, 6.07) is 9.24. The van der Waals surface area contributed by atoms with E-state index in [1.165, 1.54) is 12.8 Å². The van der Waals surface area contributed by atoms with Gasteiger partial charge >= 0.3 is 0 Å². The normalized spacial score (nSPS) is 23.7. The minimum Gasteiger partial charge on any atom is -0.349 e. The van der Waals surface area contributed by atoms with Crippen molar-refractivity contribution in [3.05, 3.63) is 47.4 Å². The summed E-state index contributed by atoms with van der Waals surface area (Å²) in [6.45, 7) is 4.01. The fourth-order valence-corrected chi connectivity index (χ4v) is 4.27. The lowest BCUT2D eigenvalue weighted by atomic mass is 9.99. The maximum absolute atomic E-state index is 12.8. The molecule has 0 spiro atoms. The predicted molar refractivity (Wildman–Crippen MR) is 108 cm³/mol. The van der Waals surface area contributed by atoms with Gasteiger partial charge in [-0.25, -0.2) is 4.98 Å². The van der Waals surface area contributed by atoms with Gasteiger partial charge in [0.2, 0.25) is 0 Å². The number of halogens is 2. The molecular weight excluding hydrogens is 371 g/mol. The first-order valence-corrected chi connectivity index (χ1v) is 8.79. The summed E-state index contributed by atoms with van der Waals surface area (Å²) < 4.78 is 2.04. The number of aromatic nitrogens is 2. The lowest BCUT2D eigenvalue weighted by molar-refractivity contribution is 0.0923. The van der Waals surface area contributed by atoms with Crippen molar-refractivity contribution in [3.8, 4) is 5.82 Å². The number of hydrogen-bond donors (Lipinski definition) is 2. The number of aryl methyl sites for hydroxylation is 1. The van der Waals surface area contributed by atoms with Gasteiger partial charge < -0.3 is 15.2 Å². The van der Waals surface area contributed by atoms with Gasteiger partial charge in [-0.3, -0.25) is 4.79 Å². The summed E-state index contributed by atoms with van der Waals surface area (Å²) in [6.07, 6.45) is 6.34. The van der Waals surface area contributed by atoms with Gasteiger partial charge in [0, 0.05) is 35.7 Å². The molecule has 2 atom stereocenters. The van der Waals surface area contributed by atoms with Crippen molar-refractivity contribution in [1.29, 1.82) is 0 Å². The Balaban J connectivity index is 0.00000121. The van der Waals surface area contributed by atoms with Crippen LogP contribution < -0.4 is 10.6 Å². The number of pyridine rings is 1. The SMILES string of the molecule is Cc1cc(C(=O)NC2CC3CCC(C2)N3)c(C)n1-c1ccccn1.Cl.Cl. The fraction of sp³-hybridized carbons (Fsp3) is 0.474. The summed E-state index contributed by atoms with van der Waals surface area (Å²) in [4.78, 5) is 17.2. The van der Waals surface area contributed by atoms with Crippen LogP contribution in [0, 0.1) is 13.8 Å². The Morgan fingerprint density at radius 2 is 1.88 bits per heavy atom. The number of piperidine rings is 1. The minimum atomic E-state index is 0. The first-order chi connectivity index (χ1) is 11.6. The van der Waals surface area contributed by atoms with Crippen molar-refractivity contribution in [2.24, 2.45) is 0 Å². The average molecular weight is 397 g/mol. The van der Waals surface area contributed by atoms with Crippen LogP contribution in [-0.4, -0.2) is 33.6 Å². The Morgan fingerprint density at radius 1 is 1.19 bits per heavy atom. The van der Waals surface area contributed by atoms with Crippen molar-refractivity contribution in [2.45, 2.75) is 57.7 Å². The molecule has 1 amide bonds. The zero-order valence-electron chi connectivity index (χ0n) is 15.1. The molecule has 4 heterocycles. The Morgan fingerprint density at radius 3 is 2.50 bits per heavy atom. The molecule has 2 aliphatic heterocycles. The van der Waals surface area contributed by atoms with Gasteiger partial charge in [0.15, 0.2) is 0 Å². The smallest absolute Gasteiger partial charge is 0.253 e. The van der Waals surface area contributed by atoms with Crippen LogP contribution in [0.15, 0.2) is 30.5 Å². The molecule has 0 aromatic carbocycles. The lowest BCUT2D eigenvalue weighted by Gasteiger charge is -2.29. The van der Waals surface area contributed by atoms with E-state index in [1.807, 2.05) is 42.7 Å². The van der Waals surface area contributed by atoms with E-state index in [9.17, 15) is 4.79 Å². The van der Waals surface area contributed by atoms with Crippen LogP contribution in [0.5, 0.6) is 0 Å². The van der Waals surface area contributed by atoms with Crippen LogP contribution in [0.4, 0.5) is 0 Å². The molecule has 142 valence electrons. The van der Waals surface area contributed by atoms with E-state index in [1.54, 1.807) is 6.20 Å². The van der Waals surface area contributed by atoms with Gasteiger partial charge in [-0.2, -0.15) is 0 Å². The number of carbonyl (C=O) groups excluding carboxylic acids is 1. The number of carbonyl (C=O) groups is 1. The Hall–Kier alpha value is -1.56. The maximum atomic E-state index is 12.8. The Kier molecular flexibility index (Phi) is 6.72. The summed E-state index contributed by atoms with van der Waals surface area (Å²) >= 11 is 0. The van der Waals surface area contributed by atoms with E-state index in [2.05, 4.69) is 15.6 Å². The number of nitrogens with one attached hydrogen (secondary N) is 2. The highest BCUT2D eigenvalue weighted by molar-refractivity contribution is 5.96. The molecule has 0 aliphatic carbocycles. The number of nitrogens with zero attached hydrogens (tertiary/aromatic N) is 2. The Bertz CT molecular complexity index is 750. The lowest BCUT2D eigenvalue weighted by Crippen LogP contribution is -2.48. The molecule has 0 saturated carbocycles. The number of fused-ring (bicyclic) bond motifs is 2. The molecule has 2 saturated heterocycles. The molecule has 0 radical (unpaired) electrons. The fourth-order valence-electron chi connectivity index (χ4n) is 4.27. The number of hydrogen-bond acceptors (Lipinski definition) is 3. The first-order valence-electron chi connectivity index (χ1n) is 8.79. The van der Waals surface area contributed by atoms with Crippen molar-refractivity contribution >= 4 is 30.7 Å². The molecular formula is C19H26Cl2N4O. The van der Waals surface area contributed by atoms with Crippen molar-refractivity contribution in [1.82, 2.24) is 20.2 Å². The summed E-state index contributed by atoms with van der Waals surface area (Å²) in [5, 5.41) is 6.87. The zero-order valence-corrected chi connectivity index (χ0v) is 16.7. The third kappa shape index (κ3) is 3.90. The van der Waals surface area contributed by atoms with E-state index in [0.29, 0.717) is 12.1 Å². The molecule has 2 aliphatic rings. The van der Waals surface area contributed by atoms with E-state index in [4.69, 9.17) is 0 Å². The van der Waals surface area contributed by atoms with Gasteiger partial charge in [0.05, 0.1) is 5.56 Å². The molecule has 2 N–H and O–H groups in total. The van der Waals surface area contributed by atoms with E-state index in [0.717, 1.165) is 35.6 Å². The zero-order chi connectivity index (χ0) is 16.7. The first kappa shape index (κ1) is 20.7. The topological polar surface area (TPSA) is 59.0 Å². The van der Waals surface area contributed by atoms with Gasteiger partial charge in [-0.15, -0.1) is 24.8 Å². The molecule has 4 rings (SSSR count). The standard InChI is InChI=1S/C19H24N4O.2ClH/c1-12-9-17(13(2)23(12)18-5-3-4-8-20-18)19(24)22-16-10-14-6-7-15(11-16)21-14;;/h3-5,8-9,14-16,21H,6-7,10-11H2,1-2H3,(H,22,24);2*1H. The van der Waals surface area contributed by atoms with Gasteiger partial charge in [0.25, 0.3) is 5.91 Å². The average Bonchev–Trinajstić information content (AvgIpc) is 3.07. The maximum Gasteiger partial charge on any atom is 0.253 e. The number of rotatable bonds is 3. The molecule has 2 fully saturated rings. The third-order valence-corrected chi connectivity index (χ3v) is 5.36. The van der Waals surface area contributed by atoms with Crippen LogP contribution >= 0.6 is 24.8 Å². The van der Waals surface area contributed by atoms with Crippen LogP contribution in [0.25, 0.3) is 5.82 Å². The van der Waals surface area contributed by atoms with E-state index in [-0.39, 0.29) is 36.8 Å². The summed E-state index contributed by atoms with van der Waals surface area (Å²) in [5.41, 5.74) is 2.73. The van der Waals surface area contributed by atoms with Crippen molar-refractivity contribution in [3.63, 3.8) is 0 Å². The summed E-state index contributed by atoms with van der Waals surface area (Å²) in [5.74, 6) is 0.892. The molecule has 7 heteroatoms. The number of amides is 1.